The molecule has 1 aromatic carbocycles. The highest BCUT2D eigenvalue weighted by atomic mass is 19.1. The Balaban J connectivity index is 1.52. The third kappa shape index (κ3) is 5.55. The predicted molar refractivity (Wildman–Crippen MR) is 145 cm³/mol. The van der Waals surface area contributed by atoms with Gasteiger partial charge in [-0.1, -0.05) is 18.6 Å². The van der Waals surface area contributed by atoms with E-state index in [0.29, 0.717) is 41.9 Å². The third-order valence-electron chi connectivity index (χ3n) is 7.03. The molecule has 0 unspecified atom stereocenters. The molecule has 1 amide bonds. The number of benzene rings is 1. The number of aryl methyl sites for hydroxylation is 2. The van der Waals surface area contributed by atoms with Crippen molar-refractivity contribution >= 4 is 34.3 Å². The number of halogens is 1. The van der Waals surface area contributed by atoms with Crippen LogP contribution in [0.4, 0.5) is 15.8 Å². The molecule has 3 aromatic heterocycles. The minimum Gasteiger partial charge on any atom is -0.494 e. The summed E-state index contributed by atoms with van der Waals surface area (Å²) >= 11 is 0. The van der Waals surface area contributed by atoms with E-state index in [1.807, 2.05) is 24.3 Å². The minimum atomic E-state index is -0.564. The monoisotopic (exact) mass is 531 g/mol. The van der Waals surface area contributed by atoms with Crippen LogP contribution in [0.3, 0.4) is 0 Å². The molecule has 1 aliphatic carbocycles. The summed E-state index contributed by atoms with van der Waals surface area (Å²) < 4.78 is 25.8. The number of amides is 1. The molecule has 0 aliphatic heterocycles. The molecule has 4 aromatic rings. The average Bonchev–Trinajstić information content (AvgIpc) is 3.22. The Labute approximate surface area is 225 Å². The number of aromatic nitrogens is 3. The Morgan fingerprint density at radius 1 is 1.13 bits per heavy atom. The molecule has 2 N–H and O–H groups in total. The van der Waals surface area contributed by atoms with Gasteiger partial charge in [0, 0.05) is 42.7 Å². The maximum Gasteiger partial charge on any atom is 0.356 e. The first-order chi connectivity index (χ1) is 19.0. The van der Waals surface area contributed by atoms with Crippen LogP contribution in [0.15, 0.2) is 54.9 Å². The van der Waals surface area contributed by atoms with E-state index in [2.05, 4.69) is 20.6 Å². The van der Waals surface area contributed by atoms with Gasteiger partial charge in [-0.05, 0) is 48.7 Å². The van der Waals surface area contributed by atoms with E-state index in [4.69, 9.17) is 9.47 Å². The first kappa shape index (κ1) is 26.1. The first-order valence-corrected chi connectivity index (χ1v) is 12.9. The number of nitrogens with one attached hydrogen (secondary N) is 2. The van der Waals surface area contributed by atoms with E-state index in [1.54, 1.807) is 29.1 Å². The average molecular weight is 532 g/mol. The molecule has 0 bridgehead atoms. The van der Waals surface area contributed by atoms with Gasteiger partial charge in [-0.3, -0.25) is 9.78 Å². The Morgan fingerprint density at radius 3 is 2.67 bits per heavy atom. The number of hydrogen-bond acceptors (Lipinski definition) is 7. The lowest BCUT2D eigenvalue weighted by atomic mass is 9.85. The predicted octanol–water partition coefficient (Wildman–Crippen LogP) is 4.96. The van der Waals surface area contributed by atoms with E-state index < -0.39 is 11.8 Å². The second-order valence-corrected chi connectivity index (χ2v) is 9.47. The minimum absolute atomic E-state index is 0.0786. The number of pyridine rings is 2. The number of methoxy groups -OCH3 is 2. The zero-order chi connectivity index (χ0) is 27.4. The number of hydrogen-bond donors (Lipinski definition) is 2. The van der Waals surface area contributed by atoms with Gasteiger partial charge >= 0.3 is 5.97 Å². The van der Waals surface area contributed by atoms with Gasteiger partial charge in [-0.25, -0.2) is 14.2 Å². The lowest BCUT2D eigenvalue weighted by molar-refractivity contribution is -0.122. The van der Waals surface area contributed by atoms with E-state index >= 15 is 0 Å². The molecule has 1 aliphatic rings. The van der Waals surface area contributed by atoms with E-state index in [-0.39, 0.29) is 23.3 Å². The fraction of sp³-hybridized carbons (Fsp3) is 0.310. The summed E-state index contributed by atoms with van der Waals surface area (Å²) in [4.78, 5) is 35.1. The molecule has 1 saturated carbocycles. The van der Waals surface area contributed by atoms with Crippen LogP contribution < -0.4 is 15.4 Å². The molecule has 9 nitrogen and oxygen atoms in total. The number of nitrogens with zero attached hydrogens (tertiary/aromatic N) is 3. The number of esters is 1. The highest BCUT2D eigenvalue weighted by Gasteiger charge is 2.30. The van der Waals surface area contributed by atoms with Crippen LogP contribution in [0.5, 0.6) is 5.75 Å². The molecule has 0 spiro atoms. The lowest BCUT2D eigenvalue weighted by Crippen LogP contribution is -2.29. The number of carbonyl (C=O) groups excluding carboxylic acids is 2. The fourth-order valence-electron chi connectivity index (χ4n) is 4.66. The van der Waals surface area contributed by atoms with Gasteiger partial charge in [0.1, 0.15) is 5.65 Å². The first-order valence-electron chi connectivity index (χ1n) is 12.9. The number of rotatable bonds is 10. The summed E-state index contributed by atoms with van der Waals surface area (Å²) in [6.45, 7) is 0.796. The van der Waals surface area contributed by atoms with Crippen LogP contribution in [0.25, 0.3) is 11.0 Å². The third-order valence-corrected chi connectivity index (χ3v) is 7.03. The van der Waals surface area contributed by atoms with E-state index in [9.17, 15) is 14.0 Å². The van der Waals surface area contributed by atoms with Gasteiger partial charge < -0.3 is 24.7 Å². The van der Waals surface area contributed by atoms with Crippen molar-refractivity contribution in [3.8, 4) is 5.75 Å². The molecule has 10 heteroatoms. The van der Waals surface area contributed by atoms with Crippen molar-refractivity contribution in [2.45, 2.75) is 38.8 Å². The van der Waals surface area contributed by atoms with E-state index in [0.717, 1.165) is 30.5 Å². The van der Waals surface area contributed by atoms with Gasteiger partial charge in [-0.2, -0.15) is 0 Å². The Hall–Kier alpha value is -4.47. The lowest BCUT2D eigenvalue weighted by Gasteiger charge is -2.24. The SMILES string of the molecule is COC(=O)c1c(NC(=O)C2CCC2)c2cc(NCc3ccc(F)c(OC)c3)cnc2n1CCc1ccccn1. The molecule has 0 saturated heterocycles. The molecule has 202 valence electrons. The Kier molecular flexibility index (Phi) is 7.72. The molecule has 5 rings (SSSR count). The van der Waals surface area contributed by atoms with Crippen molar-refractivity contribution in [2.24, 2.45) is 5.92 Å². The van der Waals surface area contributed by atoms with Crippen molar-refractivity contribution in [2.75, 3.05) is 24.9 Å². The van der Waals surface area contributed by atoms with Crippen molar-refractivity contribution in [3.05, 3.63) is 77.6 Å². The summed E-state index contributed by atoms with van der Waals surface area (Å²) in [5.41, 5.74) is 3.52. The van der Waals surface area contributed by atoms with Crippen molar-refractivity contribution in [1.29, 1.82) is 0 Å². The fourth-order valence-corrected chi connectivity index (χ4v) is 4.66. The summed E-state index contributed by atoms with van der Waals surface area (Å²) in [6.07, 6.45) is 6.60. The zero-order valence-electron chi connectivity index (χ0n) is 21.9. The normalized spacial score (nSPS) is 13.1. The maximum atomic E-state index is 13.8. The van der Waals surface area contributed by atoms with Crippen LogP contribution in [0.1, 0.15) is 41.0 Å². The maximum absolute atomic E-state index is 13.8. The van der Waals surface area contributed by atoms with Gasteiger partial charge in [0.05, 0.1) is 31.8 Å². The largest absolute Gasteiger partial charge is 0.494 e. The summed E-state index contributed by atoms with van der Waals surface area (Å²) in [5.74, 6) is -1.03. The highest BCUT2D eigenvalue weighted by Crippen LogP contribution is 2.35. The molecule has 39 heavy (non-hydrogen) atoms. The Morgan fingerprint density at radius 2 is 1.97 bits per heavy atom. The summed E-state index contributed by atoms with van der Waals surface area (Å²) in [6, 6.07) is 12.2. The van der Waals surface area contributed by atoms with Gasteiger partial charge in [0.15, 0.2) is 17.3 Å². The summed E-state index contributed by atoms with van der Waals surface area (Å²) in [7, 11) is 2.74. The van der Waals surface area contributed by atoms with Gasteiger partial charge in [-0.15, -0.1) is 0 Å². The molecule has 3 heterocycles. The van der Waals surface area contributed by atoms with Crippen LogP contribution in [-0.2, 0) is 29.0 Å². The van der Waals surface area contributed by atoms with Crippen molar-refractivity contribution < 1.29 is 23.5 Å². The molecule has 0 atom stereocenters. The van der Waals surface area contributed by atoms with Crippen molar-refractivity contribution in [3.63, 3.8) is 0 Å². The number of fused-ring (bicyclic) bond motifs is 1. The van der Waals surface area contributed by atoms with Crippen LogP contribution in [0, 0.1) is 11.7 Å². The number of carbonyl (C=O) groups is 2. The smallest absolute Gasteiger partial charge is 0.356 e. The quantitative estimate of drug-likeness (QED) is 0.279. The van der Waals surface area contributed by atoms with Gasteiger partial charge in [0.2, 0.25) is 5.91 Å². The highest BCUT2D eigenvalue weighted by molar-refractivity contribution is 6.11. The van der Waals surface area contributed by atoms with Crippen LogP contribution >= 0.6 is 0 Å². The van der Waals surface area contributed by atoms with Crippen molar-refractivity contribution in [1.82, 2.24) is 14.5 Å². The molecular formula is C29H30FN5O4. The standard InChI is InChI=1S/C29H30FN5O4/c1-38-24-14-18(9-10-23(24)30)16-32-21-15-22-25(34-28(36)19-6-5-7-19)26(29(37)39-2)35(27(22)33-17-21)13-11-20-8-3-4-12-31-20/h3-4,8-10,12,14-15,17,19,32H,5-7,11,13,16H2,1-2H3,(H,34,36). The number of anilines is 2. The molecular weight excluding hydrogens is 501 g/mol. The van der Waals surface area contributed by atoms with Gasteiger partial charge in [0.25, 0.3) is 0 Å². The zero-order valence-corrected chi connectivity index (χ0v) is 21.9. The van der Waals surface area contributed by atoms with E-state index in [1.165, 1.54) is 20.3 Å². The second-order valence-electron chi connectivity index (χ2n) is 9.47. The Bertz CT molecular complexity index is 1500. The second kappa shape index (κ2) is 11.5. The summed E-state index contributed by atoms with van der Waals surface area (Å²) in [5, 5.41) is 6.92. The molecule has 1 fully saturated rings. The van der Waals surface area contributed by atoms with Crippen LogP contribution in [0.2, 0.25) is 0 Å². The topological polar surface area (TPSA) is 107 Å². The molecule has 0 radical (unpaired) electrons. The van der Waals surface area contributed by atoms with Crippen LogP contribution in [-0.4, -0.2) is 40.6 Å². The number of ether oxygens (including phenoxy) is 2.